The number of amides is 1. The maximum absolute atomic E-state index is 14.9. The maximum Gasteiger partial charge on any atom is 0.290 e. The molecule has 8 heteroatoms. The van der Waals surface area contributed by atoms with Gasteiger partial charge in [-0.05, 0) is 32.0 Å². The average Bonchev–Trinajstić information content (AvgIpc) is 3.41. The summed E-state index contributed by atoms with van der Waals surface area (Å²) in [6, 6.07) is 11.7. The van der Waals surface area contributed by atoms with Crippen LogP contribution in [0.4, 0.5) is 4.39 Å². The molecule has 2 aromatic carbocycles. The van der Waals surface area contributed by atoms with E-state index in [-0.39, 0.29) is 23.4 Å². The molecule has 2 heterocycles. The molecule has 0 saturated heterocycles. The molecule has 1 aliphatic rings. The second-order valence-electron chi connectivity index (χ2n) is 8.56. The molecule has 0 spiro atoms. The van der Waals surface area contributed by atoms with Gasteiger partial charge in [0, 0.05) is 23.9 Å². The lowest BCUT2D eigenvalue weighted by molar-refractivity contribution is -0.896. The number of para-hydroxylation sites is 1. The molecular weight excluding hydrogens is 451 g/mol. The van der Waals surface area contributed by atoms with E-state index in [1.54, 1.807) is 30.3 Å². The van der Waals surface area contributed by atoms with Crippen LogP contribution in [0.2, 0.25) is 0 Å². The van der Waals surface area contributed by atoms with Gasteiger partial charge < -0.3 is 24.1 Å². The first-order valence-electron chi connectivity index (χ1n) is 11.8. The largest absolute Gasteiger partial charge is 0.503 e. The van der Waals surface area contributed by atoms with Crippen LogP contribution in [0.5, 0.6) is 5.75 Å². The van der Waals surface area contributed by atoms with Crippen molar-refractivity contribution in [2.75, 3.05) is 33.3 Å². The molecule has 0 aliphatic carbocycles. The summed E-state index contributed by atoms with van der Waals surface area (Å²) in [6.07, 6.45) is 0.643. The fourth-order valence-corrected chi connectivity index (χ4v) is 4.68. The van der Waals surface area contributed by atoms with Crippen LogP contribution in [0.1, 0.15) is 42.4 Å². The van der Waals surface area contributed by atoms with Crippen molar-refractivity contribution in [1.29, 1.82) is 0 Å². The number of hydrogen-bond acceptors (Lipinski definition) is 5. The number of furan rings is 1. The molecule has 0 bridgehead atoms. The topological polar surface area (TPSA) is 84.4 Å². The normalized spacial score (nSPS) is 16.1. The Kier molecular flexibility index (Phi) is 7.21. The molecule has 4 rings (SSSR count). The molecule has 0 saturated carbocycles. The molecule has 1 aliphatic heterocycles. The molecule has 0 fully saturated rings. The number of aliphatic hydroxyl groups is 1. The van der Waals surface area contributed by atoms with Crippen molar-refractivity contribution in [3.63, 3.8) is 0 Å². The number of nitrogens with one attached hydrogen (secondary N) is 1. The fourth-order valence-electron chi connectivity index (χ4n) is 4.68. The van der Waals surface area contributed by atoms with Crippen molar-refractivity contribution in [1.82, 2.24) is 4.90 Å². The molecule has 0 unspecified atom stereocenters. The molecule has 1 aromatic heterocycles. The molecule has 7 nitrogen and oxygen atoms in total. The van der Waals surface area contributed by atoms with E-state index in [4.69, 9.17) is 9.15 Å². The predicted molar refractivity (Wildman–Crippen MR) is 129 cm³/mol. The number of carbonyl (C=O) groups is 2. The quantitative estimate of drug-likeness (QED) is 0.433. The second kappa shape index (κ2) is 10.3. The minimum Gasteiger partial charge on any atom is -0.503 e. The third kappa shape index (κ3) is 4.53. The summed E-state index contributed by atoms with van der Waals surface area (Å²) in [7, 11) is 1.49. The van der Waals surface area contributed by atoms with Crippen LogP contribution >= 0.6 is 0 Å². The predicted octanol–water partition coefficient (Wildman–Crippen LogP) is 3.47. The van der Waals surface area contributed by atoms with Crippen LogP contribution in [0.15, 0.2) is 64.3 Å². The fraction of sp³-hybridized carbons (Fsp3) is 0.333. The van der Waals surface area contributed by atoms with Crippen LogP contribution in [0.25, 0.3) is 11.0 Å². The summed E-state index contributed by atoms with van der Waals surface area (Å²) in [4.78, 5) is 29.5. The van der Waals surface area contributed by atoms with E-state index in [0.717, 1.165) is 19.6 Å². The van der Waals surface area contributed by atoms with Gasteiger partial charge in [0.15, 0.2) is 22.9 Å². The Bertz CT molecular complexity index is 1280. The third-order valence-corrected chi connectivity index (χ3v) is 6.63. The van der Waals surface area contributed by atoms with Gasteiger partial charge in [-0.1, -0.05) is 30.3 Å². The Morgan fingerprint density at radius 1 is 1.17 bits per heavy atom. The van der Waals surface area contributed by atoms with E-state index in [9.17, 15) is 19.1 Å². The van der Waals surface area contributed by atoms with Crippen molar-refractivity contribution in [2.45, 2.75) is 26.3 Å². The number of benzene rings is 2. The molecule has 0 radical (unpaired) electrons. The van der Waals surface area contributed by atoms with E-state index >= 15 is 0 Å². The molecule has 35 heavy (non-hydrogen) atoms. The van der Waals surface area contributed by atoms with Crippen LogP contribution < -0.4 is 9.64 Å². The lowest BCUT2D eigenvalue weighted by Crippen LogP contribution is -3.11. The number of methoxy groups -OCH3 is 1. The number of hydrogen-bond donors (Lipinski definition) is 2. The van der Waals surface area contributed by atoms with Gasteiger partial charge >= 0.3 is 0 Å². The molecule has 1 amide bonds. The van der Waals surface area contributed by atoms with Gasteiger partial charge in [0.25, 0.3) is 5.91 Å². The minimum atomic E-state index is -1.06. The Morgan fingerprint density at radius 3 is 2.60 bits per heavy atom. The molecule has 3 aromatic rings. The van der Waals surface area contributed by atoms with Gasteiger partial charge in [-0.3, -0.25) is 9.59 Å². The number of aliphatic hydroxyl groups excluding tert-OH is 1. The number of nitrogens with zero attached hydrogens (tertiary/aromatic N) is 1. The Hall–Kier alpha value is -3.65. The lowest BCUT2D eigenvalue weighted by Gasteiger charge is -2.27. The average molecular weight is 482 g/mol. The summed E-state index contributed by atoms with van der Waals surface area (Å²) in [5.74, 6) is -2.20. The number of carbonyl (C=O) groups excluding carboxylic acids is 2. The molecule has 184 valence electrons. The van der Waals surface area contributed by atoms with Gasteiger partial charge in [0.05, 0.1) is 38.4 Å². The monoisotopic (exact) mass is 481 g/mol. The number of quaternary nitrogens is 1. The Morgan fingerprint density at radius 2 is 1.91 bits per heavy atom. The van der Waals surface area contributed by atoms with Crippen LogP contribution in [-0.4, -0.2) is 55.0 Å². The second-order valence-corrected chi connectivity index (χ2v) is 8.56. The highest BCUT2D eigenvalue weighted by Gasteiger charge is 2.45. The highest BCUT2D eigenvalue weighted by Crippen LogP contribution is 2.41. The summed E-state index contributed by atoms with van der Waals surface area (Å²) >= 11 is 0. The summed E-state index contributed by atoms with van der Waals surface area (Å²) in [6.45, 7) is 7.17. The zero-order valence-electron chi connectivity index (χ0n) is 20.1. The Labute approximate surface area is 203 Å². The highest BCUT2D eigenvalue weighted by atomic mass is 19.1. The third-order valence-electron chi connectivity index (χ3n) is 6.63. The smallest absolute Gasteiger partial charge is 0.290 e. The van der Waals surface area contributed by atoms with Crippen molar-refractivity contribution in [3.05, 3.63) is 77.0 Å². The van der Waals surface area contributed by atoms with Crippen molar-refractivity contribution >= 4 is 22.7 Å². The van der Waals surface area contributed by atoms with Crippen molar-refractivity contribution in [3.8, 4) is 5.75 Å². The highest BCUT2D eigenvalue weighted by molar-refractivity contribution is 6.16. The van der Waals surface area contributed by atoms with Gasteiger partial charge in [0.1, 0.15) is 5.82 Å². The first-order valence-corrected chi connectivity index (χ1v) is 11.8. The number of halogens is 1. The van der Waals surface area contributed by atoms with Crippen molar-refractivity contribution < 1.29 is 33.1 Å². The van der Waals surface area contributed by atoms with Crippen LogP contribution in [-0.2, 0) is 4.79 Å². The van der Waals surface area contributed by atoms with Gasteiger partial charge in [-0.2, -0.15) is 0 Å². The van der Waals surface area contributed by atoms with E-state index in [2.05, 4.69) is 13.8 Å². The number of ketones is 1. The van der Waals surface area contributed by atoms with E-state index in [1.165, 1.54) is 35.1 Å². The summed E-state index contributed by atoms with van der Waals surface area (Å²) in [5.41, 5.74) is 0.342. The first-order chi connectivity index (χ1) is 16.9. The first kappa shape index (κ1) is 24.5. The number of fused-ring (bicyclic) bond motifs is 1. The van der Waals surface area contributed by atoms with E-state index < -0.39 is 29.3 Å². The summed E-state index contributed by atoms with van der Waals surface area (Å²) in [5, 5.41) is 11.5. The maximum atomic E-state index is 14.9. The molecular formula is C27H30FN2O5+. The SMILES string of the molecule is CC[NH+](CC)CCCN1C(=O)C(O)=C(C(=O)c2cc3cccc(OC)c3o2)[C@@H]1c1ccccc1F. The molecule has 1 atom stereocenters. The summed E-state index contributed by atoms with van der Waals surface area (Å²) < 4.78 is 26.0. The number of rotatable bonds is 10. The van der Waals surface area contributed by atoms with E-state index in [1.807, 2.05) is 0 Å². The van der Waals surface area contributed by atoms with Crippen LogP contribution in [0, 0.1) is 5.82 Å². The zero-order valence-corrected chi connectivity index (χ0v) is 20.1. The Balaban J connectivity index is 1.73. The minimum absolute atomic E-state index is 0.0605. The van der Waals surface area contributed by atoms with Gasteiger partial charge in [-0.25, -0.2) is 4.39 Å². The van der Waals surface area contributed by atoms with Crippen LogP contribution in [0.3, 0.4) is 0 Å². The van der Waals surface area contributed by atoms with E-state index in [0.29, 0.717) is 23.1 Å². The van der Waals surface area contributed by atoms with Gasteiger partial charge in [-0.15, -0.1) is 0 Å². The van der Waals surface area contributed by atoms with Gasteiger partial charge in [0.2, 0.25) is 5.78 Å². The lowest BCUT2D eigenvalue weighted by atomic mass is 9.94. The standard InChI is InChI=1S/C27H29FN2O5/c1-4-29(5-2)14-9-15-30-23(18-11-6-7-12-19(18)28)22(25(32)27(30)33)24(31)21-16-17-10-8-13-20(34-3)26(17)35-21/h6-8,10-13,16,23,32H,4-5,9,14-15H2,1-3H3/p+1/t23-/m0/s1. The molecule has 2 N–H and O–H groups in total. The zero-order chi connectivity index (χ0) is 25.1. The number of Topliss-reactive ketones (excluding diaryl/α,β-unsaturated/α-hetero) is 1. The van der Waals surface area contributed by atoms with Crippen molar-refractivity contribution in [2.24, 2.45) is 0 Å². The number of ether oxygens (including phenoxy) is 1.